The molecule has 0 aliphatic carbocycles. The van der Waals surface area contributed by atoms with Crippen LogP contribution >= 0.6 is 0 Å². The van der Waals surface area contributed by atoms with Crippen LogP contribution in [0.3, 0.4) is 0 Å². The molecule has 84 valence electrons. The van der Waals surface area contributed by atoms with Crippen molar-refractivity contribution >= 4 is 8.07 Å². The molecule has 0 aliphatic rings. The fourth-order valence-electron chi connectivity index (χ4n) is 1.24. The van der Waals surface area contributed by atoms with E-state index in [1.807, 2.05) is 0 Å². The summed E-state index contributed by atoms with van der Waals surface area (Å²) in [6.45, 7) is 11.9. The molecule has 0 aliphatic heterocycles. The summed E-state index contributed by atoms with van der Waals surface area (Å²) < 4.78 is 0. The third kappa shape index (κ3) is 8.51. The Morgan fingerprint density at radius 3 is 2.14 bits per heavy atom. The van der Waals surface area contributed by atoms with Gasteiger partial charge in [0.2, 0.25) is 0 Å². The third-order valence-electron chi connectivity index (χ3n) is 2.36. The van der Waals surface area contributed by atoms with Gasteiger partial charge in [0.1, 0.15) is 0 Å². The van der Waals surface area contributed by atoms with Gasteiger partial charge in [-0.1, -0.05) is 45.6 Å². The van der Waals surface area contributed by atoms with Crippen molar-refractivity contribution in [3.05, 3.63) is 12.2 Å². The highest BCUT2D eigenvalue weighted by Gasteiger charge is 2.15. The summed E-state index contributed by atoms with van der Waals surface area (Å²) in [4.78, 5) is 0. The van der Waals surface area contributed by atoms with Gasteiger partial charge in [0, 0.05) is 14.7 Å². The molecule has 2 heteroatoms. The molecule has 0 saturated heterocycles. The van der Waals surface area contributed by atoms with Crippen molar-refractivity contribution in [2.75, 3.05) is 6.61 Å². The summed E-state index contributed by atoms with van der Waals surface area (Å²) in [6, 6.07) is 1.27. The van der Waals surface area contributed by atoms with Crippen molar-refractivity contribution < 1.29 is 5.11 Å². The first-order valence-electron chi connectivity index (χ1n) is 5.53. The van der Waals surface area contributed by atoms with Crippen LogP contribution in [0.25, 0.3) is 0 Å². The second-order valence-electron chi connectivity index (χ2n) is 6.08. The van der Waals surface area contributed by atoms with E-state index in [1.54, 1.807) is 0 Å². The Morgan fingerprint density at radius 1 is 1.14 bits per heavy atom. The first-order valence-corrected chi connectivity index (χ1v) is 9.23. The molecule has 0 saturated carbocycles. The highest BCUT2D eigenvalue weighted by Crippen LogP contribution is 2.25. The minimum Gasteiger partial charge on any atom is -0.396 e. The molecule has 14 heavy (non-hydrogen) atoms. The van der Waals surface area contributed by atoms with E-state index in [9.17, 15) is 0 Å². The highest BCUT2D eigenvalue weighted by atomic mass is 28.3. The van der Waals surface area contributed by atoms with Gasteiger partial charge in [-0.25, -0.2) is 0 Å². The van der Waals surface area contributed by atoms with E-state index < -0.39 is 8.07 Å². The molecule has 0 bridgehead atoms. The van der Waals surface area contributed by atoms with Crippen molar-refractivity contribution in [1.29, 1.82) is 0 Å². The van der Waals surface area contributed by atoms with Gasteiger partial charge in [0.05, 0.1) is 0 Å². The fourth-order valence-corrected chi connectivity index (χ4v) is 2.12. The Bertz CT molecular complexity index is 177. The molecule has 0 aromatic rings. The van der Waals surface area contributed by atoms with Gasteiger partial charge in [-0.3, -0.25) is 0 Å². The maximum absolute atomic E-state index is 8.87. The summed E-state index contributed by atoms with van der Waals surface area (Å²) in [5.74, 6) is 0. The number of aliphatic hydroxyl groups is 1. The van der Waals surface area contributed by atoms with Crippen LogP contribution in [-0.4, -0.2) is 19.8 Å². The van der Waals surface area contributed by atoms with Crippen molar-refractivity contribution in [2.24, 2.45) is 5.41 Å². The lowest BCUT2D eigenvalue weighted by molar-refractivity contribution is 0.213. The van der Waals surface area contributed by atoms with Gasteiger partial charge in [0.25, 0.3) is 0 Å². The smallest absolute Gasteiger partial charge is 0.0480 e. The molecule has 0 atom stereocenters. The molecule has 0 unspecified atom stereocenters. The zero-order valence-corrected chi connectivity index (χ0v) is 11.4. The minimum atomic E-state index is -0.908. The average Bonchev–Trinajstić information content (AvgIpc) is 1.96. The van der Waals surface area contributed by atoms with Crippen LogP contribution in [0.15, 0.2) is 12.2 Å². The molecule has 0 radical (unpaired) electrons. The van der Waals surface area contributed by atoms with Gasteiger partial charge in [-0.15, -0.1) is 0 Å². The Labute approximate surface area is 90.2 Å². The lowest BCUT2D eigenvalue weighted by Crippen LogP contribution is -2.17. The second-order valence-corrected chi connectivity index (χ2v) is 11.6. The summed E-state index contributed by atoms with van der Waals surface area (Å²) in [7, 11) is -0.908. The van der Waals surface area contributed by atoms with Crippen LogP contribution in [0.5, 0.6) is 0 Å². The largest absolute Gasteiger partial charge is 0.396 e. The first-order chi connectivity index (χ1) is 6.27. The van der Waals surface area contributed by atoms with Gasteiger partial charge < -0.3 is 5.11 Å². The fraction of sp³-hybridized carbons (Fsp3) is 0.833. The van der Waals surface area contributed by atoms with Crippen LogP contribution < -0.4 is 0 Å². The minimum absolute atomic E-state index is 0.255. The lowest BCUT2D eigenvalue weighted by atomic mass is 9.86. The molecular formula is C12H26OSi. The topological polar surface area (TPSA) is 20.2 Å². The standard InChI is InChI=1S/C12H26OSi/c1-12(2,9-10-13)8-6-7-11-14(3,4)5/h6-7,13H,8-11H2,1-5H3/b7-6+. The van der Waals surface area contributed by atoms with Crippen molar-refractivity contribution in [1.82, 2.24) is 0 Å². The maximum Gasteiger partial charge on any atom is 0.0480 e. The predicted octanol–water partition coefficient (Wildman–Crippen LogP) is 3.68. The molecule has 1 N–H and O–H groups in total. The Balaban J connectivity index is 3.81. The summed E-state index contributed by atoms with van der Waals surface area (Å²) >= 11 is 0. The zero-order chi connectivity index (χ0) is 11.2. The van der Waals surface area contributed by atoms with Crippen molar-refractivity contribution in [3.8, 4) is 0 Å². The van der Waals surface area contributed by atoms with Crippen LogP contribution in [0.1, 0.15) is 26.7 Å². The highest BCUT2D eigenvalue weighted by molar-refractivity contribution is 6.76. The van der Waals surface area contributed by atoms with Crippen LogP contribution in [0.4, 0.5) is 0 Å². The quantitative estimate of drug-likeness (QED) is 0.528. The van der Waals surface area contributed by atoms with E-state index in [0.717, 1.165) is 12.8 Å². The number of hydrogen-bond acceptors (Lipinski definition) is 1. The molecule has 0 heterocycles. The van der Waals surface area contributed by atoms with Crippen LogP contribution in [-0.2, 0) is 0 Å². The Kier molecular flexibility index (Phi) is 5.68. The predicted molar refractivity (Wildman–Crippen MR) is 67.4 cm³/mol. The normalized spacial score (nSPS) is 13.9. The van der Waals surface area contributed by atoms with Crippen molar-refractivity contribution in [3.63, 3.8) is 0 Å². The van der Waals surface area contributed by atoms with Gasteiger partial charge >= 0.3 is 0 Å². The van der Waals surface area contributed by atoms with Crippen molar-refractivity contribution in [2.45, 2.75) is 52.4 Å². The molecule has 0 aromatic carbocycles. The van der Waals surface area contributed by atoms with Crippen LogP contribution in [0, 0.1) is 5.41 Å². The number of hydrogen-bond donors (Lipinski definition) is 1. The molecule has 0 aromatic heterocycles. The van der Waals surface area contributed by atoms with E-state index in [4.69, 9.17) is 5.11 Å². The summed E-state index contributed by atoms with van der Waals surface area (Å²) in [6.07, 6.45) is 6.58. The van der Waals surface area contributed by atoms with E-state index in [1.165, 1.54) is 6.04 Å². The van der Waals surface area contributed by atoms with E-state index >= 15 is 0 Å². The number of aliphatic hydroxyl groups excluding tert-OH is 1. The molecule has 0 fully saturated rings. The van der Waals surface area contributed by atoms with E-state index in [-0.39, 0.29) is 5.41 Å². The van der Waals surface area contributed by atoms with Gasteiger partial charge in [-0.05, 0) is 24.3 Å². The monoisotopic (exact) mass is 214 g/mol. The average molecular weight is 214 g/mol. The zero-order valence-electron chi connectivity index (χ0n) is 10.4. The first kappa shape index (κ1) is 13.9. The maximum atomic E-state index is 8.87. The number of rotatable bonds is 6. The molecule has 0 amide bonds. The molecule has 1 nitrogen and oxygen atoms in total. The van der Waals surface area contributed by atoms with E-state index in [0.29, 0.717) is 6.61 Å². The van der Waals surface area contributed by atoms with E-state index in [2.05, 4.69) is 45.6 Å². The number of allylic oxidation sites excluding steroid dienone is 2. The lowest BCUT2D eigenvalue weighted by Gasteiger charge is -2.21. The molecular weight excluding hydrogens is 188 g/mol. The third-order valence-corrected chi connectivity index (χ3v) is 3.82. The van der Waals surface area contributed by atoms with Gasteiger partial charge in [0.15, 0.2) is 0 Å². The Hall–Kier alpha value is -0.0831. The summed E-state index contributed by atoms with van der Waals surface area (Å²) in [5.41, 5.74) is 0.255. The van der Waals surface area contributed by atoms with Crippen LogP contribution in [0.2, 0.25) is 25.7 Å². The summed E-state index contributed by atoms with van der Waals surface area (Å²) in [5, 5.41) is 8.87. The molecule has 0 spiro atoms. The second kappa shape index (κ2) is 5.71. The Morgan fingerprint density at radius 2 is 1.71 bits per heavy atom. The SMILES string of the molecule is CC(C)(C/C=C/C[Si](C)(C)C)CCO. The molecule has 0 rings (SSSR count). The van der Waals surface area contributed by atoms with Gasteiger partial charge in [-0.2, -0.15) is 0 Å².